The summed E-state index contributed by atoms with van der Waals surface area (Å²) in [6.45, 7) is 6.73. The third-order valence-electron chi connectivity index (χ3n) is 4.37. The van der Waals surface area contributed by atoms with Gasteiger partial charge in [0.05, 0.1) is 19.1 Å². The number of rotatable bonds is 8. The van der Waals surface area contributed by atoms with Crippen molar-refractivity contribution in [2.24, 2.45) is 16.6 Å². The molecule has 29 heavy (non-hydrogen) atoms. The molecule has 1 unspecified atom stereocenters. The molecule has 9 heteroatoms. The number of aliphatic imine (C=N–C) groups is 1. The van der Waals surface area contributed by atoms with Crippen LogP contribution in [0.1, 0.15) is 32.3 Å². The second-order valence-corrected chi connectivity index (χ2v) is 6.61. The molecule has 1 amide bonds. The molecule has 0 saturated carbocycles. The van der Waals surface area contributed by atoms with Gasteiger partial charge in [-0.3, -0.25) is 9.59 Å². The summed E-state index contributed by atoms with van der Waals surface area (Å²) in [5, 5.41) is 3.30. The van der Waals surface area contributed by atoms with Gasteiger partial charge in [0.25, 0.3) is 5.91 Å². The van der Waals surface area contributed by atoms with Crippen molar-refractivity contribution in [3.8, 4) is 5.75 Å². The zero-order valence-corrected chi connectivity index (χ0v) is 19.4. The van der Waals surface area contributed by atoms with E-state index < -0.39 is 5.91 Å². The van der Waals surface area contributed by atoms with Crippen molar-refractivity contribution < 1.29 is 19.1 Å². The maximum absolute atomic E-state index is 12.1. The maximum Gasteiger partial charge on any atom is 0.310 e. The summed E-state index contributed by atoms with van der Waals surface area (Å²) in [6.07, 6.45) is 1.76. The molecule has 0 spiro atoms. The van der Waals surface area contributed by atoms with Crippen molar-refractivity contribution in [1.82, 2.24) is 10.2 Å². The maximum atomic E-state index is 12.1. The van der Waals surface area contributed by atoms with E-state index in [1.165, 1.54) is 0 Å². The number of esters is 1. The highest BCUT2D eigenvalue weighted by atomic mass is 127. The van der Waals surface area contributed by atoms with E-state index in [0.29, 0.717) is 25.4 Å². The molecule has 1 atom stereocenters. The van der Waals surface area contributed by atoms with Crippen molar-refractivity contribution in [3.63, 3.8) is 0 Å². The number of carbonyl (C=O) groups is 2. The smallest absolute Gasteiger partial charge is 0.310 e. The molecule has 0 aromatic heterocycles. The van der Waals surface area contributed by atoms with Gasteiger partial charge in [0.15, 0.2) is 12.6 Å². The predicted molar refractivity (Wildman–Crippen MR) is 122 cm³/mol. The summed E-state index contributed by atoms with van der Waals surface area (Å²) in [7, 11) is 0. The Bertz CT molecular complexity index is 699. The summed E-state index contributed by atoms with van der Waals surface area (Å²) in [5.74, 6) is 0.585. The van der Waals surface area contributed by atoms with Crippen molar-refractivity contribution in [1.29, 1.82) is 0 Å². The highest BCUT2D eigenvalue weighted by Crippen LogP contribution is 2.19. The summed E-state index contributed by atoms with van der Waals surface area (Å²) >= 11 is 0. The Hall–Kier alpha value is -2.04. The lowest BCUT2D eigenvalue weighted by atomic mass is 9.98. The first-order valence-electron chi connectivity index (χ1n) is 9.73. The fraction of sp³-hybridized carbons (Fsp3) is 0.550. The van der Waals surface area contributed by atoms with E-state index in [0.717, 1.165) is 37.5 Å². The van der Waals surface area contributed by atoms with Crippen LogP contribution in [0.15, 0.2) is 29.3 Å². The molecule has 0 aliphatic carbocycles. The van der Waals surface area contributed by atoms with Gasteiger partial charge in [0.2, 0.25) is 0 Å². The van der Waals surface area contributed by atoms with E-state index in [4.69, 9.17) is 20.2 Å². The second-order valence-electron chi connectivity index (χ2n) is 6.61. The van der Waals surface area contributed by atoms with Crippen LogP contribution in [0.4, 0.5) is 0 Å². The van der Waals surface area contributed by atoms with E-state index in [2.05, 4.69) is 10.2 Å². The average Bonchev–Trinajstić information content (AvgIpc) is 2.70. The number of nitrogens with zero attached hydrogens (tertiary/aromatic N) is 2. The Morgan fingerprint density at radius 2 is 2.14 bits per heavy atom. The average molecular weight is 518 g/mol. The monoisotopic (exact) mass is 518 g/mol. The van der Waals surface area contributed by atoms with Crippen molar-refractivity contribution in [2.45, 2.75) is 33.2 Å². The molecule has 8 nitrogen and oxygen atoms in total. The van der Waals surface area contributed by atoms with Gasteiger partial charge in [-0.15, -0.1) is 24.0 Å². The number of carbonyl (C=O) groups excluding carboxylic acids is 2. The largest absolute Gasteiger partial charge is 0.484 e. The van der Waals surface area contributed by atoms with Gasteiger partial charge >= 0.3 is 5.97 Å². The van der Waals surface area contributed by atoms with E-state index >= 15 is 0 Å². The summed E-state index contributed by atoms with van der Waals surface area (Å²) in [6, 6.07) is 7.41. The summed E-state index contributed by atoms with van der Waals surface area (Å²) in [5.41, 5.74) is 6.07. The first-order valence-corrected chi connectivity index (χ1v) is 9.73. The Kier molecular flexibility index (Phi) is 11.4. The van der Waals surface area contributed by atoms with Gasteiger partial charge in [-0.1, -0.05) is 12.1 Å². The highest BCUT2D eigenvalue weighted by molar-refractivity contribution is 14.0. The van der Waals surface area contributed by atoms with Crippen LogP contribution in [0.5, 0.6) is 5.75 Å². The van der Waals surface area contributed by atoms with Gasteiger partial charge in [-0.25, -0.2) is 4.99 Å². The van der Waals surface area contributed by atoms with Crippen LogP contribution in [-0.4, -0.2) is 55.6 Å². The normalized spacial score (nSPS) is 16.6. The minimum Gasteiger partial charge on any atom is -0.484 e. The fourth-order valence-electron chi connectivity index (χ4n) is 3.10. The number of piperidine rings is 1. The van der Waals surface area contributed by atoms with Gasteiger partial charge < -0.3 is 25.4 Å². The SMILES string of the molecule is CCNC(=NCc1cccc(OCC(N)=O)c1)N1CCCC(C(=O)OCC)C1.I. The molecule has 1 aromatic carbocycles. The molecule has 0 bridgehead atoms. The molecule has 1 saturated heterocycles. The van der Waals surface area contributed by atoms with Crippen LogP contribution in [0.3, 0.4) is 0 Å². The summed E-state index contributed by atoms with van der Waals surface area (Å²) < 4.78 is 10.5. The molecule has 1 aliphatic rings. The van der Waals surface area contributed by atoms with E-state index in [1.54, 1.807) is 6.07 Å². The zero-order chi connectivity index (χ0) is 20.4. The van der Waals surface area contributed by atoms with Crippen LogP contribution < -0.4 is 15.8 Å². The van der Waals surface area contributed by atoms with Crippen LogP contribution in [0, 0.1) is 5.92 Å². The molecule has 162 valence electrons. The molecule has 2 rings (SSSR count). The predicted octanol–water partition coefficient (Wildman–Crippen LogP) is 1.91. The lowest BCUT2D eigenvalue weighted by Crippen LogP contribution is -2.48. The number of ether oxygens (including phenoxy) is 2. The quantitative estimate of drug-likeness (QED) is 0.236. The molecular formula is C20H31IN4O4. The standard InChI is InChI=1S/C20H30N4O4.HI/c1-3-22-20(24-10-6-8-16(13-24)19(26)27-4-2)23-12-15-7-5-9-17(11-15)28-14-18(21)25;/h5,7,9,11,16H,3-4,6,8,10,12-14H2,1-2H3,(H2,21,25)(H,22,23);1H. The van der Waals surface area contributed by atoms with Crippen LogP contribution in [0.25, 0.3) is 0 Å². The number of nitrogens with two attached hydrogens (primary N) is 1. The van der Waals surface area contributed by atoms with Gasteiger partial charge in [-0.05, 0) is 44.4 Å². The first-order chi connectivity index (χ1) is 13.5. The van der Waals surface area contributed by atoms with E-state index in [1.807, 2.05) is 32.0 Å². The Morgan fingerprint density at radius 3 is 2.83 bits per heavy atom. The number of guanidine groups is 1. The van der Waals surface area contributed by atoms with Gasteiger partial charge in [-0.2, -0.15) is 0 Å². The van der Waals surface area contributed by atoms with E-state index in [9.17, 15) is 9.59 Å². The number of likely N-dealkylation sites (tertiary alicyclic amines) is 1. The lowest BCUT2D eigenvalue weighted by Gasteiger charge is -2.34. The second kappa shape index (κ2) is 13.2. The van der Waals surface area contributed by atoms with Crippen LogP contribution in [0.2, 0.25) is 0 Å². The molecule has 3 N–H and O–H groups in total. The molecule has 1 heterocycles. The number of hydrogen-bond donors (Lipinski definition) is 2. The number of benzene rings is 1. The fourth-order valence-corrected chi connectivity index (χ4v) is 3.10. The number of amides is 1. The Labute approximate surface area is 189 Å². The molecule has 1 fully saturated rings. The molecular weight excluding hydrogens is 487 g/mol. The minimum atomic E-state index is -0.515. The van der Waals surface area contributed by atoms with E-state index in [-0.39, 0.29) is 42.5 Å². The molecule has 1 aromatic rings. The minimum absolute atomic E-state index is 0. The van der Waals surface area contributed by atoms with Crippen LogP contribution >= 0.6 is 24.0 Å². The number of nitrogens with one attached hydrogen (secondary N) is 1. The first kappa shape index (κ1) is 25.0. The Morgan fingerprint density at radius 1 is 1.34 bits per heavy atom. The topological polar surface area (TPSA) is 106 Å². The number of halogens is 1. The highest BCUT2D eigenvalue weighted by Gasteiger charge is 2.28. The zero-order valence-electron chi connectivity index (χ0n) is 17.1. The van der Waals surface area contributed by atoms with Gasteiger partial charge in [0, 0.05) is 19.6 Å². The van der Waals surface area contributed by atoms with Crippen LogP contribution in [-0.2, 0) is 20.9 Å². The molecule has 1 aliphatic heterocycles. The molecule has 0 radical (unpaired) electrons. The Balaban J connectivity index is 0.00000420. The number of primary amides is 1. The third kappa shape index (κ3) is 8.46. The van der Waals surface area contributed by atoms with Gasteiger partial charge in [0.1, 0.15) is 5.75 Å². The number of hydrogen-bond acceptors (Lipinski definition) is 5. The third-order valence-corrected chi connectivity index (χ3v) is 4.37. The van der Waals surface area contributed by atoms with Crippen molar-refractivity contribution >= 4 is 41.8 Å². The summed E-state index contributed by atoms with van der Waals surface area (Å²) in [4.78, 5) is 29.8. The van der Waals surface area contributed by atoms with Crippen molar-refractivity contribution in [2.75, 3.05) is 32.8 Å². The van der Waals surface area contributed by atoms with Crippen molar-refractivity contribution in [3.05, 3.63) is 29.8 Å². The lowest BCUT2D eigenvalue weighted by molar-refractivity contribution is -0.149.